The SMILES string of the molecule is Cc1ccccc1CC(=O)Nc1cc2ccccc2cc1C(=O)N[C@H](C(=O)O)C1CCCCC1. The summed E-state index contributed by atoms with van der Waals surface area (Å²) >= 11 is 0. The Kier molecular flexibility index (Phi) is 7.26. The van der Waals surface area contributed by atoms with E-state index in [9.17, 15) is 19.5 Å². The van der Waals surface area contributed by atoms with Crippen molar-refractivity contribution in [1.82, 2.24) is 5.32 Å². The second-order valence-electron chi connectivity index (χ2n) is 9.08. The lowest BCUT2D eigenvalue weighted by atomic mass is 9.83. The molecule has 3 N–H and O–H groups in total. The van der Waals surface area contributed by atoms with E-state index in [1.807, 2.05) is 55.5 Å². The van der Waals surface area contributed by atoms with E-state index in [0.717, 1.165) is 54.0 Å². The molecule has 176 valence electrons. The summed E-state index contributed by atoms with van der Waals surface area (Å²) in [7, 11) is 0. The molecule has 0 heterocycles. The Morgan fingerprint density at radius 2 is 1.59 bits per heavy atom. The molecule has 6 nitrogen and oxygen atoms in total. The number of anilines is 1. The predicted octanol–water partition coefficient (Wildman–Crippen LogP) is 5.09. The van der Waals surface area contributed by atoms with E-state index in [1.54, 1.807) is 12.1 Å². The molecule has 6 heteroatoms. The lowest BCUT2D eigenvalue weighted by Crippen LogP contribution is -2.46. The van der Waals surface area contributed by atoms with Crippen molar-refractivity contribution in [3.05, 3.63) is 77.4 Å². The molecule has 1 fully saturated rings. The molecule has 0 spiro atoms. The van der Waals surface area contributed by atoms with Crippen LogP contribution < -0.4 is 10.6 Å². The first-order valence-electron chi connectivity index (χ1n) is 11.8. The smallest absolute Gasteiger partial charge is 0.326 e. The van der Waals surface area contributed by atoms with Crippen LogP contribution in [0.1, 0.15) is 53.6 Å². The first-order chi connectivity index (χ1) is 16.4. The molecule has 1 saturated carbocycles. The molecule has 3 aromatic carbocycles. The van der Waals surface area contributed by atoms with Crippen molar-refractivity contribution in [2.24, 2.45) is 5.92 Å². The third-order valence-electron chi connectivity index (χ3n) is 6.69. The number of amides is 2. The van der Waals surface area contributed by atoms with Gasteiger partial charge in [-0.3, -0.25) is 9.59 Å². The quantitative estimate of drug-likeness (QED) is 0.459. The molecular formula is C28H30N2O4. The highest BCUT2D eigenvalue weighted by atomic mass is 16.4. The van der Waals surface area contributed by atoms with Crippen LogP contribution in [-0.2, 0) is 16.0 Å². The zero-order chi connectivity index (χ0) is 24.1. The van der Waals surface area contributed by atoms with Gasteiger partial charge in [-0.05, 0) is 59.7 Å². The number of fused-ring (bicyclic) bond motifs is 1. The number of aryl methyl sites for hydroxylation is 1. The van der Waals surface area contributed by atoms with Crippen LogP contribution >= 0.6 is 0 Å². The summed E-state index contributed by atoms with van der Waals surface area (Å²) < 4.78 is 0. The van der Waals surface area contributed by atoms with E-state index >= 15 is 0 Å². The Morgan fingerprint density at radius 3 is 2.26 bits per heavy atom. The normalized spacial score (nSPS) is 15.0. The van der Waals surface area contributed by atoms with Gasteiger partial charge in [-0.2, -0.15) is 0 Å². The number of carbonyl (C=O) groups is 3. The first kappa shape index (κ1) is 23.5. The van der Waals surface area contributed by atoms with Crippen LogP contribution in [0.4, 0.5) is 5.69 Å². The number of aliphatic carboxylic acids is 1. The van der Waals surface area contributed by atoms with Crippen LogP contribution in [0.2, 0.25) is 0 Å². The maximum absolute atomic E-state index is 13.3. The first-order valence-corrected chi connectivity index (χ1v) is 11.8. The number of carboxylic acids is 1. The zero-order valence-electron chi connectivity index (χ0n) is 19.3. The van der Waals surface area contributed by atoms with Crippen molar-refractivity contribution in [2.75, 3.05) is 5.32 Å². The Hall–Kier alpha value is -3.67. The van der Waals surface area contributed by atoms with Gasteiger partial charge in [0.2, 0.25) is 5.91 Å². The average Bonchev–Trinajstić information content (AvgIpc) is 2.83. The number of hydrogen-bond acceptors (Lipinski definition) is 3. The van der Waals surface area contributed by atoms with E-state index in [4.69, 9.17) is 0 Å². The summed E-state index contributed by atoms with van der Waals surface area (Å²) in [5, 5.41) is 17.2. The van der Waals surface area contributed by atoms with Crippen LogP contribution in [0.3, 0.4) is 0 Å². The largest absolute Gasteiger partial charge is 0.480 e. The van der Waals surface area contributed by atoms with Gasteiger partial charge in [0.05, 0.1) is 17.7 Å². The standard InChI is InChI=1S/C28H30N2O4/c1-18-9-5-6-12-20(18)17-25(31)29-24-16-22-14-8-7-13-21(22)15-23(24)27(32)30-26(28(33)34)19-10-3-2-4-11-19/h5-9,12-16,19,26H,2-4,10-11,17H2,1H3,(H,29,31)(H,30,32)(H,33,34)/t26-/m0/s1. The Morgan fingerprint density at radius 1 is 0.941 bits per heavy atom. The molecule has 4 rings (SSSR count). The molecule has 1 atom stereocenters. The maximum Gasteiger partial charge on any atom is 0.326 e. The molecule has 0 unspecified atom stereocenters. The lowest BCUT2D eigenvalue weighted by Gasteiger charge is -2.28. The number of nitrogens with one attached hydrogen (secondary N) is 2. The third-order valence-corrected chi connectivity index (χ3v) is 6.69. The van der Waals surface area contributed by atoms with Crippen molar-refractivity contribution in [2.45, 2.75) is 51.5 Å². The minimum absolute atomic E-state index is 0.0882. The van der Waals surface area contributed by atoms with Gasteiger partial charge in [-0.25, -0.2) is 4.79 Å². The fourth-order valence-corrected chi connectivity index (χ4v) is 4.78. The Bertz CT molecular complexity index is 1210. The number of carbonyl (C=O) groups excluding carboxylic acids is 2. The van der Waals surface area contributed by atoms with Crippen LogP contribution in [0, 0.1) is 12.8 Å². The molecule has 0 radical (unpaired) electrons. The van der Waals surface area contributed by atoms with E-state index in [-0.39, 0.29) is 23.8 Å². The van der Waals surface area contributed by atoms with Crippen molar-refractivity contribution in [3.63, 3.8) is 0 Å². The molecule has 0 aliphatic heterocycles. The summed E-state index contributed by atoms with van der Waals surface area (Å²) in [6, 6.07) is 17.8. The summed E-state index contributed by atoms with van der Waals surface area (Å²) in [6.45, 7) is 1.95. The molecule has 34 heavy (non-hydrogen) atoms. The number of rotatable bonds is 7. The minimum atomic E-state index is -1.02. The fraction of sp³-hybridized carbons (Fsp3) is 0.321. The van der Waals surface area contributed by atoms with E-state index < -0.39 is 17.9 Å². The van der Waals surface area contributed by atoms with Crippen molar-refractivity contribution in [3.8, 4) is 0 Å². The molecular weight excluding hydrogens is 428 g/mol. The van der Waals surface area contributed by atoms with Crippen LogP contribution in [0.15, 0.2) is 60.7 Å². The van der Waals surface area contributed by atoms with Crippen molar-refractivity contribution >= 4 is 34.2 Å². The average molecular weight is 459 g/mol. The van der Waals surface area contributed by atoms with E-state index in [1.165, 1.54) is 0 Å². The highest BCUT2D eigenvalue weighted by molar-refractivity contribution is 6.08. The predicted molar refractivity (Wildman–Crippen MR) is 133 cm³/mol. The number of benzene rings is 3. The minimum Gasteiger partial charge on any atom is -0.480 e. The fourth-order valence-electron chi connectivity index (χ4n) is 4.78. The van der Waals surface area contributed by atoms with Crippen LogP contribution in [-0.4, -0.2) is 28.9 Å². The van der Waals surface area contributed by atoms with Gasteiger partial charge in [0.15, 0.2) is 0 Å². The Balaban J connectivity index is 1.61. The zero-order valence-corrected chi connectivity index (χ0v) is 19.3. The highest BCUT2D eigenvalue weighted by Gasteiger charge is 2.31. The van der Waals surface area contributed by atoms with E-state index in [2.05, 4.69) is 10.6 Å². The highest BCUT2D eigenvalue weighted by Crippen LogP contribution is 2.28. The topological polar surface area (TPSA) is 95.5 Å². The summed E-state index contributed by atoms with van der Waals surface area (Å²) in [5.41, 5.74) is 2.57. The lowest BCUT2D eigenvalue weighted by molar-refractivity contribution is -0.141. The summed E-state index contributed by atoms with van der Waals surface area (Å²) in [4.78, 5) is 38.2. The second kappa shape index (κ2) is 10.5. The van der Waals surface area contributed by atoms with Gasteiger partial charge >= 0.3 is 5.97 Å². The van der Waals surface area contributed by atoms with Gasteiger partial charge in [0.25, 0.3) is 5.91 Å². The third kappa shape index (κ3) is 5.45. The Labute approximate surface area is 199 Å². The maximum atomic E-state index is 13.3. The van der Waals surface area contributed by atoms with Gasteiger partial charge in [-0.15, -0.1) is 0 Å². The van der Waals surface area contributed by atoms with Gasteiger partial charge in [-0.1, -0.05) is 67.8 Å². The second-order valence-corrected chi connectivity index (χ2v) is 9.08. The molecule has 1 aliphatic rings. The number of carboxylic acid groups (broad SMARTS) is 1. The molecule has 0 bridgehead atoms. The molecule has 1 aliphatic carbocycles. The van der Waals surface area contributed by atoms with E-state index in [0.29, 0.717) is 5.69 Å². The summed E-state index contributed by atoms with van der Waals surface area (Å²) in [6.07, 6.45) is 4.80. The molecule has 2 amide bonds. The monoisotopic (exact) mass is 458 g/mol. The van der Waals surface area contributed by atoms with Gasteiger partial charge in [0.1, 0.15) is 6.04 Å². The van der Waals surface area contributed by atoms with Crippen LogP contribution in [0.5, 0.6) is 0 Å². The molecule has 3 aromatic rings. The molecule has 0 saturated heterocycles. The van der Waals surface area contributed by atoms with Gasteiger partial charge < -0.3 is 15.7 Å². The summed E-state index contributed by atoms with van der Waals surface area (Å²) in [5.74, 6) is -1.84. The van der Waals surface area contributed by atoms with Crippen molar-refractivity contribution < 1.29 is 19.5 Å². The molecule has 0 aromatic heterocycles. The number of hydrogen-bond donors (Lipinski definition) is 3. The van der Waals surface area contributed by atoms with Gasteiger partial charge in [0, 0.05) is 0 Å². The van der Waals surface area contributed by atoms with Crippen LogP contribution in [0.25, 0.3) is 10.8 Å². The van der Waals surface area contributed by atoms with Crippen molar-refractivity contribution in [1.29, 1.82) is 0 Å².